The number of piperidine rings is 1. The molecular formula is C17H23N3O. The third kappa shape index (κ3) is 2.57. The van der Waals surface area contributed by atoms with Crippen LogP contribution < -0.4 is 5.32 Å². The Hall–Kier alpha value is -1.42. The molecule has 0 unspecified atom stereocenters. The van der Waals surface area contributed by atoms with Crippen LogP contribution in [0.3, 0.4) is 0 Å². The highest BCUT2D eigenvalue weighted by atomic mass is 16.2. The molecule has 1 aliphatic carbocycles. The lowest BCUT2D eigenvalue weighted by Crippen LogP contribution is -2.53. The first kappa shape index (κ1) is 13.3. The molecule has 4 heteroatoms. The number of rotatable bonds is 3. The first-order chi connectivity index (χ1) is 10.3. The van der Waals surface area contributed by atoms with Crippen molar-refractivity contribution in [2.24, 2.45) is 5.92 Å². The molecule has 1 saturated carbocycles. The molecule has 4 nitrogen and oxygen atoms in total. The molecule has 3 fully saturated rings. The van der Waals surface area contributed by atoms with Gasteiger partial charge < -0.3 is 10.2 Å². The fourth-order valence-electron chi connectivity index (χ4n) is 4.10. The van der Waals surface area contributed by atoms with Crippen LogP contribution in [0.15, 0.2) is 24.5 Å². The van der Waals surface area contributed by atoms with Gasteiger partial charge in [0.25, 0.3) is 0 Å². The average Bonchev–Trinajstić information content (AvgIpc) is 3.26. The largest absolute Gasteiger partial charge is 0.350 e. The van der Waals surface area contributed by atoms with Gasteiger partial charge in [-0.25, -0.2) is 0 Å². The summed E-state index contributed by atoms with van der Waals surface area (Å²) in [6.07, 6.45) is 9.31. The molecular weight excluding hydrogens is 262 g/mol. The van der Waals surface area contributed by atoms with E-state index >= 15 is 0 Å². The molecule has 0 aromatic carbocycles. The second-order valence-electron chi connectivity index (χ2n) is 6.99. The Morgan fingerprint density at radius 2 is 1.95 bits per heavy atom. The second-order valence-corrected chi connectivity index (χ2v) is 6.99. The van der Waals surface area contributed by atoms with Crippen LogP contribution in [0.2, 0.25) is 0 Å². The Morgan fingerprint density at radius 3 is 2.62 bits per heavy atom. The van der Waals surface area contributed by atoms with Gasteiger partial charge in [-0.1, -0.05) is 0 Å². The maximum atomic E-state index is 12.0. The molecule has 4 rings (SSSR count). The molecule has 1 atom stereocenters. The van der Waals surface area contributed by atoms with E-state index in [0.717, 1.165) is 31.8 Å². The molecule has 2 saturated heterocycles. The summed E-state index contributed by atoms with van der Waals surface area (Å²) in [6.45, 7) is 3.51. The molecule has 1 amide bonds. The average molecular weight is 285 g/mol. The SMILES string of the molecule is O=C1C[C@@H](c2ccncc2)C2(CCN(CC3CC3)CC2)N1. The van der Waals surface area contributed by atoms with Crippen molar-refractivity contribution in [3.8, 4) is 0 Å². The highest BCUT2D eigenvalue weighted by molar-refractivity contribution is 5.81. The number of likely N-dealkylation sites (tertiary alicyclic amines) is 1. The van der Waals surface area contributed by atoms with Crippen LogP contribution in [-0.2, 0) is 4.79 Å². The van der Waals surface area contributed by atoms with Gasteiger partial charge in [-0.3, -0.25) is 9.78 Å². The van der Waals surface area contributed by atoms with E-state index in [9.17, 15) is 4.79 Å². The minimum absolute atomic E-state index is 0.0154. The molecule has 3 heterocycles. The minimum atomic E-state index is -0.0154. The molecule has 21 heavy (non-hydrogen) atoms. The summed E-state index contributed by atoms with van der Waals surface area (Å²) in [7, 11) is 0. The number of carbonyl (C=O) groups is 1. The summed E-state index contributed by atoms with van der Waals surface area (Å²) in [4.78, 5) is 18.7. The van der Waals surface area contributed by atoms with Gasteiger partial charge in [0.2, 0.25) is 5.91 Å². The third-order valence-electron chi connectivity index (χ3n) is 5.51. The summed E-state index contributed by atoms with van der Waals surface area (Å²) < 4.78 is 0. The van der Waals surface area contributed by atoms with Crippen molar-refractivity contribution in [2.45, 2.75) is 43.6 Å². The molecule has 2 aliphatic heterocycles. The lowest BCUT2D eigenvalue weighted by Gasteiger charge is -2.43. The summed E-state index contributed by atoms with van der Waals surface area (Å²) in [6, 6.07) is 4.15. The number of hydrogen-bond acceptors (Lipinski definition) is 3. The van der Waals surface area contributed by atoms with Crippen LogP contribution in [-0.4, -0.2) is 41.0 Å². The Morgan fingerprint density at radius 1 is 1.24 bits per heavy atom. The molecule has 0 bridgehead atoms. The highest BCUT2D eigenvalue weighted by Crippen LogP contribution is 2.43. The Kier molecular flexibility index (Phi) is 3.21. The van der Waals surface area contributed by atoms with Gasteiger partial charge in [-0.2, -0.15) is 0 Å². The maximum Gasteiger partial charge on any atom is 0.221 e. The predicted octanol–water partition coefficient (Wildman–Crippen LogP) is 1.93. The molecule has 0 radical (unpaired) electrons. The van der Waals surface area contributed by atoms with Gasteiger partial charge in [0.05, 0.1) is 0 Å². The van der Waals surface area contributed by atoms with Crippen LogP contribution in [0, 0.1) is 5.92 Å². The van der Waals surface area contributed by atoms with Crippen molar-refractivity contribution in [3.63, 3.8) is 0 Å². The first-order valence-electron chi connectivity index (χ1n) is 8.18. The van der Waals surface area contributed by atoms with E-state index in [-0.39, 0.29) is 11.4 Å². The fraction of sp³-hybridized carbons (Fsp3) is 0.647. The standard InChI is InChI=1S/C17H23N3O/c21-16-11-15(14-3-7-18-8-4-14)17(19-16)5-9-20(10-6-17)12-13-1-2-13/h3-4,7-8,13,15H,1-2,5-6,9-12H2,(H,19,21)/t15-/m0/s1. The van der Waals surface area contributed by atoms with Crippen molar-refractivity contribution in [3.05, 3.63) is 30.1 Å². The van der Waals surface area contributed by atoms with E-state index in [2.05, 4.69) is 27.3 Å². The third-order valence-corrected chi connectivity index (χ3v) is 5.51. The second kappa shape index (κ2) is 5.09. The van der Waals surface area contributed by atoms with E-state index in [4.69, 9.17) is 0 Å². The zero-order valence-corrected chi connectivity index (χ0v) is 12.4. The first-order valence-corrected chi connectivity index (χ1v) is 8.18. The van der Waals surface area contributed by atoms with E-state index in [1.807, 2.05) is 12.4 Å². The van der Waals surface area contributed by atoms with Crippen LogP contribution in [0.5, 0.6) is 0 Å². The number of pyridine rings is 1. The molecule has 112 valence electrons. The van der Waals surface area contributed by atoms with E-state index < -0.39 is 0 Å². The molecule has 1 aromatic heterocycles. The van der Waals surface area contributed by atoms with Crippen LogP contribution in [0.4, 0.5) is 0 Å². The summed E-state index contributed by atoms with van der Waals surface area (Å²) in [5.41, 5.74) is 1.25. The number of nitrogens with zero attached hydrogens (tertiary/aromatic N) is 2. The zero-order valence-electron chi connectivity index (χ0n) is 12.4. The maximum absolute atomic E-state index is 12.0. The van der Waals surface area contributed by atoms with Gasteiger partial charge in [0.15, 0.2) is 0 Å². The monoisotopic (exact) mass is 285 g/mol. The quantitative estimate of drug-likeness (QED) is 0.923. The van der Waals surface area contributed by atoms with Crippen molar-refractivity contribution >= 4 is 5.91 Å². The van der Waals surface area contributed by atoms with Gasteiger partial charge in [0, 0.05) is 49.9 Å². The smallest absolute Gasteiger partial charge is 0.221 e. The van der Waals surface area contributed by atoms with Crippen LogP contribution in [0.1, 0.15) is 43.6 Å². The van der Waals surface area contributed by atoms with Crippen molar-refractivity contribution in [2.75, 3.05) is 19.6 Å². The topological polar surface area (TPSA) is 45.2 Å². The molecule has 1 N–H and O–H groups in total. The molecule has 1 spiro atoms. The van der Waals surface area contributed by atoms with Crippen LogP contribution in [0.25, 0.3) is 0 Å². The van der Waals surface area contributed by atoms with Crippen molar-refractivity contribution in [1.29, 1.82) is 0 Å². The van der Waals surface area contributed by atoms with Crippen molar-refractivity contribution < 1.29 is 4.79 Å². The number of hydrogen-bond donors (Lipinski definition) is 1. The van der Waals surface area contributed by atoms with Gasteiger partial charge in [0.1, 0.15) is 0 Å². The number of aromatic nitrogens is 1. The number of carbonyl (C=O) groups excluding carboxylic acids is 1. The normalized spacial score (nSPS) is 28.8. The van der Waals surface area contributed by atoms with E-state index in [1.165, 1.54) is 24.9 Å². The highest BCUT2D eigenvalue weighted by Gasteiger charge is 2.48. The summed E-state index contributed by atoms with van der Waals surface area (Å²) in [5.74, 6) is 1.48. The summed E-state index contributed by atoms with van der Waals surface area (Å²) >= 11 is 0. The lowest BCUT2D eigenvalue weighted by molar-refractivity contribution is -0.120. The lowest BCUT2D eigenvalue weighted by atomic mass is 9.74. The summed E-state index contributed by atoms with van der Waals surface area (Å²) in [5, 5.41) is 3.32. The fourth-order valence-corrected chi connectivity index (χ4v) is 4.10. The van der Waals surface area contributed by atoms with E-state index in [0.29, 0.717) is 12.3 Å². The number of amides is 1. The van der Waals surface area contributed by atoms with E-state index in [1.54, 1.807) is 0 Å². The Labute approximate surface area is 125 Å². The molecule has 3 aliphatic rings. The van der Waals surface area contributed by atoms with Gasteiger partial charge >= 0.3 is 0 Å². The van der Waals surface area contributed by atoms with Gasteiger partial charge in [-0.15, -0.1) is 0 Å². The minimum Gasteiger partial charge on any atom is -0.350 e. The molecule has 1 aromatic rings. The Balaban J connectivity index is 1.50. The predicted molar refractivity (Wildman–Crippen MR) is 80.9 cm³/mol. The van der Waals surface area contributed by atoms with Gasteiger partial charge in [-0.05, 0) is 49.3 Å². The zero-order chi connectivity index (χ0) is 14.3. The number of nitrogens with one attached hydrogen (secondary N) is 1. The van der Waals surface area contributed by atoms with Crippen LogP contribution >= 0.6 is 0 Å². The van der Waals surface area contributed by atoms with Crippen molar-refractivity contribution in [1.82, 2.24) is 15.2 Å². The Bertz CT molecular complexity index is 518.